The number of pyridine rings is 1. The Kier molecular flexibility index (Phi) is 4.71. The Morgan fingerprint density at radius 1 is 1.07 bits per heavy atom. The molecule has 0 saturated heterocycles. The van der Waals surface area contributed by atoms with Crippen molar-refractivity contribution in [3.63, 3.8) is 0 Å². The second-order valence-corrected chi connectivity index (χ2v) is 8.26. The van der Waals surface area contributed by atoms with Gasteiger partial charge in [-0.1, -0.05) is 12.1 Å². The van der Waals surface area contributed by atoms with Crippen molar-refractivity contribution < 1.29 is 17.5 Å². The summed E-state index contributed by atoms with van der Waals surface area (Å²) in [5.41, 5.74) is 3.96. The monoisotopic (exact) mass is 411 g/mol. The van der Waals surface area contributed by atoms with Gasteiger partial charge in [-0.2, -0.15) is 0 Å². The van der Waals surface area contributed by atoms with Crippen molar-refractivity contribution in [3.8, 4) is 17.0 Å². The maximum Gasteiger partial charge on any atom is 0.262 e. The molecule has 0 bridgehead atoms. The molecule has 2 heterocycles. The number of hydrogen-bond donors (Lipinski definition) is 1. The summed E-state index contributed by atoms with van der Waals surface area (Å²) in [6.45, 7) is 2.00. The predicted molar refractivity (Wildman–Crippen MR) is 109 cm³/mol. The number of rotatable bonds is 5. The molecule has 2 aromatic heterocycles. The second-order valence-electron chi connectivity index (χ2n) is 6.57. The van der Waals surface area contributed by atoms with Crippen molar-refractivity contribution in [2.75, 3.05) is 11.8 Å². The molecule has 29 heavy (non-hydrogen) atoms. The first-order valence-corrected chi connectivity index (χ1v) is 10.3. The third-order valence-corrected chi connectivity index (χ3v) is 5.86. The minimum Gasteiger partial charge on any atom is -0.494 e. The van der Waals surface area contributed by atoms with Crippen LogP contribution < -0.4 is 9.46 Å². The molecule has 0 fully saturated rings. The van der Waals surface area contributed by atoms with Gasteiger partial charge in [0.25, 0.3) is 10.0 Å². The highest BCUT2D eigenvalue weighted by molar-refractivity contribution is 7.92. The van der Waals surface area contributed by atoms with Crippen molar-refractivity contribution in [2.45, 2.75) is 11.8 Å². The number of benzene rings is 2. The fourth-order valence-corrected chi connectivity index (χ4v) is 4.03. The number of imidazole rings is 1. The van der Waals surface area contributed by atoms with Gasteiger partial charge in [0.1, 0.15) is 5.65 Å². The van der Waals surface area contributed by atoms with Crippen LogP contribution in [-0.2, 0) is 10.0 Å². The zero-order valence-electron chi connectivity index (χ0n) is 15.8. The molecular formula is C21H18FN3O3S. The molecule has 1 N–H and O–H groups in total. The number of nitrogens with one attached hydrogen (secondary N) is 1. The molecule has 0 aliphatic carbocycles. The SMILES string of the molecule is COc1ccc(S(=O)(=O)Nc2ccc(-c3cn4ccc(C)cc4n3)cc2)cc1F. The maximum atomic E-state index is 13.8. The highest BCUT2D eigenvalue weighted by Crippen LogP contribution is 2.25. The van der Waals surface area contributed by atoms with E-state index < -0.39 is 15.8 Å². The van der Waals surface area contributed by atoms with Gasteiger partial charge >= 0.3 is 0 Å². The van der Waals surface area contributed by atoms with Gasteiger partial charge in [0.2, 0.25) is 0 Å². The first-order chi connectivity index (χ1) is 13.9. The van der Waals surface area contributed by atoms with Crippen LogP contribution in [0.25, 0.3) is 16.9 Å². The number of aryl methyl sites for hydroxylation is 1. The van der Waals surface area contributed by atoms with Gasteiger partial charge in [-0.3, -0.25) is 4.72 Å². The van der Waals surface area contributed by atoms with Crippen molar-refractivity contribution in [1.29, 1.82) is 0 Å². The van der Waals surface area contributed by atoms with Crippen LogP contribution in [0.4, 0.5) is 10.1 Å². The molecule has 0 radical (unpaired) electrons. The van der Waals surface area contributed by atoms with E-state index >= 15 is 0 Å². The van der Waals surface area contributed by atoms with E-state index in [0.717, 1.165) is 28.5 Å². The highest BCUT2D eigenvalue weighted by Gasteiger charge is 2.17. The Bertz CT molecular complexity index is 1300. The number of fused-ring (bicyclic) bond motifs is 1. The molecule has 0 unspecified atom stereocenters. The molecule has 2 aromatic carbocycles. The van der Waals surface area contributed by atoms with Gasteiger partial charge in [0.15, 0.2) is 11.6 Å². The van der Waals surface area contributed by atoms with Crippen molar-refractivity contribution in [2.24, 2.45) is 0 Å². The molecule has 0 aliphatic rings. The van der Waals surface area contributed by atoms with Crippen molar-refractivity contribution >= 4 is 21.4 Å². The Morgan fingerprint density at radius 2 is 1.83 bits per heavy atom. The average Bonchev–Trinajstić information content (AvgIpc) is 3.11. The number of halogens is 1. The van der Waals surface area contributed by atoms with Gasteiger partial charge < -0.3 is 9.14 Å². The minimum atomic E-state index is -3.93. The molecule has 148 valence electrons. The van der Waals surface area contributed by atoms with Crippen molar-refractivity contribution in [1.82, 2.24) is 9.38 Å². The molecular weight excluding hydrogens is 393 g/mol. The van der Waals surface area contributed by atoms with Crippen LogP contribution in [0.5, 0.6) is 5.75 Å². The predicted octanol–water partition coefficient (Wildman–Crippen LogP) is 4.26. The number of ether oxygens (including phenoxy) is 1. The van der Waals surface area contributed by atoms with Gasteiger partial charge in [0, 0.05) is 23.6 Å². The molecule has 8 heteroatoms. The van der Waals surface area contributed by atoms with Crippen LogP contribution in [0.15, 0.2) is 71.9 Å². The second kappa shape index (κ2) is 7.21. The van der Waals surface area contributed by atoms with E-state index in [1.165, 1.54) is 19.2 Å². The Balaban J connectivity index is 1.58. The lowest BCUT2D eigenvalue weighted by Crippen LogP contribution is -2.13. The normalized spacial score (nSPS) is 11.6. The molecule has 0 atom stereocenters. The van der Waals surface area contributed by atoms with Crippen LogP contribution >= 0.6 is 0 Å². The smallest absolute Gasteiger partial charge is 0.262 e. The van der Waals surface area contributed by atoms with Crippen LogP contribution in [-0.4, -0.2) is 24.9 Å². The number of sulfonamides is 1. The van der Waals surface area contributed by atoms with E-state index in [1.54, 1.807) is 24.3 Å². The Labute approximate surface area is 167 Å². The lowest BCUT2D eigenvalue weighted by Gasteiger charge is -2.10. The topological polar surface area (TPSA) is 72.7 Å². The molecule has 0 amide bonds. The van der Waals surface area contributed by atoms with E-state index in [4.69, 9.17) is 4.74 Å². The number of aromatic nitrogens is 2. The molecule has 4 aromatic rings. The Morgan fingerprint density at radius 3 is 2.52 bits per heavy atom. The standard InChI is InChI=1S/C21H18FN3O3S/c1-14-9-10-25-13-19(23-21(25)11-14)15-3-5-16(6-4-15)24-29(26,27)17-7-8-20(28-2)18(22)12-17/h3-13,24H,1-2H3. The van der Waals surface area contributed by atoms with Gasteiger partial charge in [0.05, 0.1) is 17.7 Å². The van der Waals surface area contributed by atoms with Crippen molar-refractivity contribution in [3.05, 3.63) is 78.4 Å². The zero-order valence-corrected chi connectivity index (χ0v) is 16.6. The lowest BCUT2D eigenvalue weighted by molar-refractivity contribution is 0.385. The van der Waals surface area contributed by atoms with Crippen LogP contribution in [0.1, 0.15) is 5.56 Å². The van der Waals surface area contributed by atoms with E-state index in [2.05, 4.69) is 9.71 Å². The fraction of sp³-hybridized carbons (Fsp3) is 0.0952. The number of anilines is 1. The van der Waals surface area contributed by atoms with Crippen LogP contribution in [0, 0.1) is 12.7 Å². The first-order valence-electron chi connectivity index (χ1n) is 8.78. The molecule has 0 saturated carbocycles. The van der Waals surface area contributed by atoms with Gasteiger partial charge in [-0.05, 0) is 55.0 Å². The maximum absolute atomic E-state index is 13.8. The van der Waals surface area contributed by atoms with Gasteiger partial charge in [-0.15, -0.1) is 0 Å². The molecule has 0 aliphatic heterocycles. The molecule has 6 nitrogen and oxygen atoms in total. The zero-order chi connectivity index (χ0) is 20.6. The number of methoxy groups -OCH3 is 1. The molecule has 4 rings (SSSR count). The summed E-state index contributed by atoms with van der Waals surface area (Å²) < 4.78 is 48.1. The summed E-state index contributed by atoms with van der Waals surface area (Å²) in [7, 11) is -2.61. The molecule has 0 spiro atoms. The third kappa shape index (κ3) is 3.79. The lowest BCUT2D eigenvalue weighted by atomic mass is 10.1. The van der Waals surface area contributed by atoms with E-state index in [0.29, 0.717) is 5.69 Å². The third-order valence-electron chi connectivity index (χ3n) is 4.48. The van der Waals surface area contributed by atoms with Crippen LogP contribution in [0.3, 0.4) is 0 Å². The summed E-state index contributed by atoms with van der Waals surface area (Å²) in [6.07, 6.45) is 3.85. The minimum absolute atomic E-state index is 0.0176. The fourth-order valence-electron chi connectivity index (χ4n) is 2.96. The summed E-state index contributed by atoms with van der Waals surface area (Å²) >= 11 is 0. The van der Waals surface area contributed by atoms with Gasteiger partial charge in [-0.25, -0.2) is 17.8 Å². The largest absolute Gasteiger partial charge is 0.494 e. The van der Waals surface area contributed by atoms with Crippen LogP contribution in [0.2, 0.25) is 0 Å². The summed E-state index contributed by atoms with van der Waals surface area (Å²) in [6, 6.07) is 14.3. The summed E-state index contributed by atoms with van der Waals surface area (Å²) in [5.74, 6) is -0.760. The van der Waals surface area contributed by atoms with E-state index in [-0.39, 0.29) is 10.6 Å². The highest BCUT2D eigenvalue weighted by atomic mass is 32.2. The summed E-state index contributed by atoms with van der Waals surface area (Å²) in [5, 5.41) is 0. The summed E-state index contributed by atoms with van der Waals surface area (Å²) in [4.78, 5) is 4.41. The quantitative estimate of drug-likeness (QED) is 0.533. The first kappa shape index (κ1) is 18.9. The van der Waals surface area contributed by atoms with E-state index in [9.17, 15) is 12.8 Å². The average molecular weight is 411 g/mol. The Hall–Kier alpha value is -3.39. The van der Waals surface area contributed by atoms with E-state index in [1.807, 2.05) is 35.9 Å². The number of nitrogens with zero attached hydrogens (tertiary/aromatic N) is 2. The number of hydrogen-bond acceptors (Lipinski definition) is 4.